The van der Waals surface area contributed by atoms with Gasteiger partial charge in [-0.2, -0.15) is 0 Å². The largest absolute Gasteiger partial charge is 0.494 e. The van der Waals surface area contributed by atoms with Crippen molar-refractivity contribution in [1.29, 1.82) is 0 Å². The Labute approximate surface area is 177 Å². The standard InChI is InChI=1S/C21H33N3O4S/c1-3-4-13-28-20(26)24-11-9-23(10-12-24)8-5-14-27-17-6-7-18-21(2,15-17)29-16-19(25)22-18/h6-7,15,18H,3-5,8-14,16H2,1-2H3,(H,22,25). The van der Waals surface area contributed by atoms with Crippen LogP contribution in [0.4, 0.5) is 4.79 Å². The van der Waals surface area contributed by atoms with Gasteiger partial charge in [-0.15, -0.1) is 11.8 Å². The second-order valence-electron chi connectivity index (χ2n) is 7.92. The van der Waals surface area contributed by atoms with Crippen molar-refractivity contribution >= 4 is 23.8 Å². The predicted molar refractivity (Wildman–Crippen MR) is 115 cm³/mol. The fourth-order valence-corrected chi connectivity index (χ4v) is 4.72. The van der Waals surface area contributed by atoms with E-state index in [0.717, 1.165) is 57.7 Å². The summed E-state index contributed by atoms with van der Waals surface area (Å²) in [4.78, 5) is 27.7. The minimum absolute atomic E-state index is 0.0334. The van der Waals surface area contributed by atoms with Gasteiger partial charge in [-0.05, 0) is 31.9 Å². The molecule has 2 fully saturated rings. The minimum atomic E-state index is -0.180. The van der Waals surface area contributed by atoms with Crippen LogP contribution < -0.4 is 5.32 Å². The van der Waals surface area contributed by atoms with Crippen molar-refractivity contribution in [2.24, 2.45) is 0 Å². The number of nitrogens with one attached hydrogen (secondary N) is 1. The molecule has 3 rings (SSSR count). The van der Waals surface area contributed by atoms with Crippen LogP contribution in [-0.4, -0.2) is 84.3 Å². The SMILES string of the molecule is CCCCOC(=O)N1CCN(CCCOC2=CC3(C)SCC(=O)NC3C=C2)CC1. The average Bonchev–Trinajstić information content (AvgIpc) is 2.72. The van der Waals surface area contributed by atoms with Gasteiger partial charge in [0.25, 0.3) is 0 Å². The highest BCUT2D eigenvalue weighted by atomic mass is 32.2. The molecule has 162 valence electrons. The molecule has 0 spiro atoms. The first-order valence-corrected chi connectivity index (χ1v) is 11.6. The topological polar surface area (TPSA) is 71.1 Å². The molecule has 0 bridgehead atoms. The quantitative estimate of drug-likeness (QED) is 0.605. The number of nitrogens with zero attached hydrogens (tertiary/aromatic N) is 2. The fourth-order valence-electron chi connectivity index (χ4n) is 3.68. The van der Waals surface area contributed by atoms with Crippen LogP contribution in [0.15, 0.2) is 24.0 Å². The number of hydrogen-bond acceptors (Lipinski definition) is 6. The minimum Gasteiger partial charge on any atom is -0.494 e. The molecule has 0 aromatic carbocycles. The van der Waals surface area contributed by atoms with Crippen LogP contribution in [0, 0.1) is 0 Å². The lowest BCUT2D eigenvalue weighted by Crippen LogP contribution is -2.53. The first kappa shape index (κ1) is 22.0. The van der Waals surface area contributed by atoms with Crippen molar-refractivity contribution in [2.45, 2.75) is 43.9 Å². The highest BCUT2D eigenvalue weighted by Gasteiger charge is 2.39. The van der Waals surface area contributed by atoms with E-state index in [1.54, 1.807) is 16.7 Å². The van der Waals surface area contributed by atoms with Gasteiger partial charge in [-0.3, -0.25) is 9.69 Å². The van der Waals surface area contributed by atoms with Crippen molar-refractivity contribution in [3.63, 3.8) is 0 Å². The molecule has 1 aliphatic carbocycles. The third kappa shape index (κ3) is 6.15. The maximum Gasteiger partial charge on any atom is 0.409 e. The van der Waals surface area contributed by atoms with Crippen LogP contribution in [0.2, 0.25) is 0 Å². The molecule has 7 nitrogen and oxygen atoms in total. The highest BCUT2D eigenvalue weighted by molar-refractivity contribution is 8.01. The number of carbonyl (C=O) groups excluding carboxylic acids is 2. The smallest absolute Gasteiger partial charge is 0.409 e. The number of unbranched alkanes of at least 4 members (excludes halogenated alkanes) is 1. The van der Waals surface area contributed by atoms with E-state index < -0.39 is 0 Å². The molecule has 2 heterocycles. The van der Waals surface area contributed by atoms with E-state index >= 15 is 0 Å². The fraction of sp³-hybridized carbons (Fsp3) is 0.714. The molecule has 0 saturated carbocycles. The number of carbonyl (C=O) groups is 2. The maximum atomic E-state index is 12.0. The first-order valence-electron chi connectivity index (χ1n) is 10.6. The first-order chi connectivity index (χ1) is 14.0. The van der Waals surface area contributed by atoms with E-state index in [2.05, 4.69) is 30.1 Å². The van der Waals surface area contributed by atoms with E-state index in [1.165, 1.54) is 0 Å². The molecule has 2 saturated heterocycles. The predicted octanol–water partition coefficient (Wildman–Crippen LogP) is 2.39. The Morgan fingerprint density at radius 1 is 1.28 bits per heavy atom. The second kappa shape index (κ2) is 10.4. The Balaban J connectivity index is 1.32. The summed E-state index contributed by atoms with van der Waals surface area (Å²) in [6.07, 6.45) is 8.83. The number of fused-ring (bicyclic) bond motifs is 1. The summed E-state index contributed by atoms with van der Waals surface area (Å²) in [6.45, 7) is 9.56. The number of rotatable bonds is 8. The van der Waals surface area contributed by atoms with Gasteiger partial charge in [-0.1, -0.05) is 19.4 Å². The molecule has 0 aromatic heterocycles. The Morgan fingerprint density at radius 3 is 2.83 bits per heavy atom. The lowest BCUT2D eigenvalue weighted by molar-refractivity contribution is -0.119. The summed E-state index contributed by atoms with van der Waals surface area (Å²) in [5, 5.41) is 3.02. The summed E-state index contributed by atoms with van der Waals surface area (Å²) in [6, 6.07) is 0.0334. The van der Waals surface area contributed by atoms with E-state index in [1.807, 2.05) is 12.2 Å². The van der Waals surface area contributed by atoms with E-state index in [9.17, 15) is 9.59 Å². The van der Waals surface area contributed by atoms with E-state index in [-0.39, 0.29) is 22.8 Å². The number of hydrogen-bond donors (Lipinski definition) is 1. The van der Waals surface area contributed by atoms with Gasteiger partial charge in [0.1, 0.15) is 5.76 Å². The van der Waals surface area contributed by atoms with E-state index in [4.69, 9.17) is 9.47 Å². The zero-order valence-electron chi connectivity index (χ0n) is 17.5. The summed E-state index contributed by atoms with van der Waals surface area (Å²) in [7, 11) is 0. The molecule has 2 unspecified atom stereocenters. The van der Waals surface area contributed by atoms with E-state index in [0.29, 0.717) is 19.0 Å². The van der Waals surface area contributed by atoms with Gasteiger partial charge in [0.2, 0.25) is 5.91 Å². The summed E-state index contributed by atoms with van der Waals surface area (Å²) in [5.74, 6) is 1.46. The molecule has 2 amide bonds. The molecule has 0 aromatic rings. The van der Waals surface area contributed by atoms with Gasteiger partial charge < -0.3 is 19.7 Å². The van der Waals surface area contributed by atoms with Crippen LogP contribution in [-0.2, 0) is 14.3 Å². The van der Waals surface area contributed by atoms with Gasteiger partial charge in [0.05, 0.1) is 29.8 Å². The Bertz CT molecular complexity index is 646. The van der Waals surface area contributed by atoms with Crippen LogP contribution in [0.5, 0.6) is 0 Å². The number of thioether (sulfide) groups is 1. The van der Waals surface area contributed by atoms with Crippen molar-refractivity contribution in [1.82, 2.24) is 15.1 Å². The monoisotopic (exact) mass is 423 g/mol. The third-order valence-corrected chi connectivity index (χ3v) is 6.97. The van der Waals surface area contributed by atoms with Gasteiger partial charge in [-0.25, -0.2) is 4.79 Å². The van der Waals surface area contributed by atoms with Gasteiger partial charge in [0.15, 0.2) is 0 Å². The molecule has 2 aliphatic heterocycles. The molecule has 3 aliphatic rings. The normalized spacial score (nSPS) is 27.1. The molecule has 1 N–H and O–H groups in total. The Hall–Kier alpha value is -1.67. The van der Waals surface area contributed by atoms with Crippen LogP contribution in [0.1, 0.15) is 33.1 Å². The van der Waals surface area contributed by atoms with Gasteiger partial charge in [0, 0.05) is 32.7 Å². The molecular weight excluding hydrogens is 390 g/mol. The summed E-state index contributed by atoms with van der Waals surface area (Å²) in [5.41, 5.74) is 0. The van der Waals surface area contributed by atoms with Gasteiger partial charge >= 0.3 is 6.09 Å². The molecular formula is C21H33N3O4S. The lowest BCUT2D eigenvalue weighted by atomic mass is 9.94. The maximum absolute atomic E-state index is 12.0. The number of allylic oxidation sites excluding steroid dienone is 1. The van der Waals surface area contributed by atoms with Crippen LogP contribution in [0.3, 0.4) is 0 Å². The Kier molecular flexibility index (Phi) is 7.89. The van der Waals surface area contributed by atoms with Crippen molar-refractivity contribution in [3.05, 3.63) is 24.0 Å². The molecule has 2 atom stereocenters. The number of piperazine rings is 1. The zero-order chi connectivity index (χ0) is 20.7. The zero-order valence-corrected chi connectivity index (χ0v) is 18.3. The second-order valence-corrected chi connectivity index (χ2v) is 9.38. The molecule has 29 heavy (non-hydrogen) atoms. The average molecular weight is 424 g/mol. The summed E-state index contributed by atoms with van der Waals surface area (Å²) < 4.78 is 11.1. The molecule has 8 heteroatoms. The van der Waals surface area contributed by atoms with Crippen molar-refractivity contribution in [2.75, 3.05) is 51.7 Å². The lowest BCUT2D eigenvalue weighted by Gasteiger charge is -2.39. The third-order valence-electron chi connectivity index (χ3n) is 5.57. The molecule has 0 radical (unpaired) electrons. The van der Waals surface area contributed by atoms with Crippen molar-refractivity contribution < 1.29 is 19.1 Å². The number of amides is 2. The number of ether oxygens (including phenoxy) is 2. The Morgan fingerprint density at radius 2 is 2.07 bits per heavy atom. The summed E-state index contributed by atoms with van der Waals surface area (Å²) >= 11 is 1.66. The van der Waals surface area contributed by atoms with Crippen LogP contribution >= 0.6 is 11.8 Å². The van der Waals surface area contributed by atoms with Crippen molar-refractivity contribution in [3.8, 4) is 0 Å². The highest BCUT2D eigenvalue weighted by Crippen LogP contribution is 2.37. The van der Waals surface area contributed by atoms with Crippen LogP contribution in [0.25, 0.3) is 0 Å².